The minimum absolute atomic E-state index is 0. The molecule has 2 aromatic rings. The topological polar surface area (TPSA) is 64.6 Å². The van der Waals surface area contributed by atoms with Crippen molar-refractivity contribution in [2.45, 2.75) is 168 Å². The van der Waals surface area contributed by atoms with Crippen molar-refractivity contribution >= 4 is 57.8 Å². The Balaban J connectivity index is 0.000000962. The number of hydrogen-bond donors (Lipinski definition) is 0. The van der Waals surface area contributed by atoms with Crippen LogP contribution in [0, 0.1) is 0 Å². The van der Waals surface area contributed by atoms with Crippen LogP contribution >= 0.6 is 34.2 Å². The van der Waals surface area contributed by atoms with E-state index in [0.29, 0.717) is 11.5 Å². The number of unbranched alkanes of at least 4 members (excludes halogenated alkanes) is 22. The third-order valence-electron chi connectivity index (χ3n) is 8.42. The maximum atomic E-state index is 12.2. The summed E-state index contributed by atoms with van der Waals surface area (Å²) < 4.78 is 10.9. The van der Waals surface area contributed by atoms with Crippen molar-refractivity contribution in [1.29, 1.82) is 0 Å². The van der Waals surface area contributed by atoms with Gasteiger partial charge in [0, 0.05) is 11.5 Å². The van der Waals surface area contributed by atoms with Gasteiger partial charge in [0.15, 0.2) is 0 Å². The van der Waals surface area contributed by atoms with Crippen LogP contribution in [0.25, 0.3) is 0 Å². The zero-order valence-corrected chi connectivity index (χ0v) is 40.0. The summed E-state index contributed by atoms with van der Waals surface area (Å²) in [5, 5.41) is 0. The summed E-state index contributed by atoms with van der Waals surface area (Å²) in [7, 11) is 0. The molecule has 51 heavy (non-hydrogen) atoms. The van der Waals surface area contributed by atoms with Crippen LogP contribution < -0.4 is 18.8 Å². The SMILES string of the molecule is CCCCCCCCCCCCCCSP([O-])(=S)Oc1ccccc1.CCCCCCCCCCCCCCSP([O-])(=S)Oc1ccccc1.[Zn+2]. The van der Waals surface area contributed by atoms with Gasteiger partial charge in [-0.15, -0.1) is 22.8 Å². The zero-order valence-electron chi connectivity index (χ0n) is 32.0. The molecule has 4 nitrogen and oxygen atoms in total. The maximum Gasteiger partial charge on any atom is 2.00 e. The second kappa shape index (κ2) is 36.2. The smallest absolute Gasteiger partial charge is 0.784 e. The first-order valence-corrected chi connectivity index (χ1v) is 28.1. The zero-order chi connectivity index (χ0) is 36.4. The van der Waals surface area contributed by atoms with E-state index in [4.69, 9.17) is 32.7 Å². The van der Waals surface area contributed by atoms with Gasteiger partial charge in [0.05, 0.1) is 11.4 Å². The maximum absolute atomic E-state index is 12.2. The van der Waals surface area contributed by atoms with Crippen LogP contribution in [0.15, 0.2) is 60.7 Å². The molecule has 0 aliphatic heterocycles. The minimum atomic E-state index is -3.00. The van der Waals surface area contributed by atoms with E-state index in [2.05, 4.69) is 13.8 Å². The van der Waals surface area contributed by atoms with E-state index in [1.165, 1.54) is 164 Å². The van der Waals surface area contributed by atoms with Crippen LogP contribution in [0.4, 0.5) is 0 Å². The average molecular weight is 869 g/mol. The van der Waals surface area contributed by atoms with E-state index in [0.717, 1.165) is 24.3 Å². The molecule has 0 saturated heterocycles. The Morgan fingerprint density at radius 3 is 0.922 bits per heavy atom. The Hall–Kier alpha value is 0.583. The van der Waals surface area contributed by atoms with Crippen molar-refractivity contribution in [3.8, 4) is 11.5 Å². The normalized spacial score (nSPS) is 13.3. The average Bonchev–Trinajstić information content (AvgIpc) is 3.09. The second-order valence-electron chi connectivity index (χ2n) is 13.1. The third kappa shape index (κ3) is 34.8. The van der Waals surface area contributed by atoms with Crippen LogP contribution in [-0.4, -0.2) is 11.5 Å². The van der Waals surface area contributed by atoms with Crippen LogP contribution in [0.1, 0.15) is 168 Å². The van der Waals surface area contributed by atoms with Gasteiger partial charge in [0.2, 0.25) is 0 Å². The number of para-hydroxylation sites is 2. The van der Waals surface area contributed by atoms with Crippen molar-refractivity contribution in [1.82, 2.24) is 0 Å². The van der Waals surface area contributed by atoms with Crippen molar-refractivity contribution < 1.29 is 38.3 Å². The molecule has 0 bridgehead atoms. The molecule has 288 valence electrons. The molecule has 0 aliphatic carbocycles. The summed E-state index contributed by atoms with van der Waals surface area (Å²) in [6.07, 6.45) is 31.9. The molecule has 0 aliphatic rings. The molecule has 2 aromatic carbocycles. The molecule has 2 atom stereocenters. The van der Waals surface area contributed by atoms with E-state index >= 15 is 0 Å². The quantitative estimate of drug-likeness (QED) is 0.0409. The van der Waals surface area contributed by atoms with Crippen LogP contribution in [0.2, 0.25) is 0 Å². The molecule has 0 amide bonds. The molecular weight excluding hydrogens is 800 g/mol. The molecule has 0 radical (unpaired) electrons. The standard InChI is InChI=1S/2C20H35O2PS2.Zn/c2*1-2-3-4-5-6-7-8-9-10-11-12-16-19-25-23(21,24)22-20-17-14-13-15-18-20;/h2*13-15,17-18H,2-12,16,19H2,1H3,(H,21,24);/q;;+2/p-2. The van der Waals surface area contributed by atoms with Crippen molar-refractivity contribution in [2.75, 3.05) is 11.5 Å². The fourth-order valence-electron chi connectivity index (χ4n) is 5.51. The molecule has 0 saturated carbocycles. The molecule has 0 fully saturated rings. The van der Waals surface area contributed by atoms with E-state index < -0.39 is 11.4 Å². The molecule has 0 spiro atoms. The molecule has 0 aromatic heterocycles. The van der Waals surface area contributed by atoms with Crippen molar-refractivity contribution in [3.05, 3.63) is 60.7 Å². The van der Waals surface area contributed by atoms with Crippen LogP contribution in [-0.2, 0) is 43.1 Å². The molecular formula is C40H68O4P2S4Zn. The predicted molar refractivity (Wildman–Crippen MR) is 230 cm³/mol. The van der Waals surface area contributed by atoms with Crippen LogP contribution in [0.5, 0.6) is 11.5 Å². The van der Waals surface area contributed by atoms with Gasteiger partial charge < -0.3 is 18.8 Å². The Morgan fingerprint density at radius 2 is 0.667 bits per heavy atom. The summed E-state index contributed by atoms with van der Waals surface area (Å²) in [5.41, 5.74) is -5.99. The monoisotopic (exact) mass is 866 g/mol. The van der Waals surface area contributed by atoms with E-state index in [1.54, 1.807) is 24.3 Å². The Kier molecular flexibility index (Phi) is 36.6. The largest absolute Gasteiger partial charge is 2.00 e. The Morgan fingerprint density at radius 1 is 0.431 bits per heavy atom. The summed E-state index contributed by atoms with van der Waals surface area (Å²) >= 11 is 12.8. The summed E-state index contributed by atoms with van der Waals surface area (Å²) in [5.74, 6) is 2.85. The number of benzene rings is 2. The van der Waals surface area contributed by atoms with Gasteiger partial charge in [-0.1, -0.05) is 215 Å². The van der Waals surface area contributed by atoms with Gasteiger partial charge in [-0.25, -0.2) is 0 Å². The van der Waals surface area contributed by atoms with Gasteiger partial charge in [0.1, 0.15) is 11.5 Å². The molecule has 0 heterocycles. The number of rotatable bonds is 32. The van der Waals surface area contributed by atoms with Crippen molar-refractivity contribution in [2.24, 2.45) is 0 Å². The summed E-state index contributed by atoms with van der Waals surface area (Å²) in [4.78, 5) is 24.5. The van der Waals surface area contributed by atoms with E-state index in [9.17, 15) is 9.79 Å². The first-order valence-electron chi connectivity index (χ1n) is 19.7. The molecule has 11 heteroatoms. The van der Waals surface area contributed by atoms with Gasteiger partial charge in [-0.05, 0) is 37.1 Å². The second-order valence-corrected chi connectivity index (χ2v) is 25.3. The molecule has 0 N–H and O–H groups in total. The van der Waals surface area contributed by atoms with Gasteiger partial charge in [-0.2, -0.15) is 0 Å². The third-order valence-corrected chi connectivity index (χ3v) is 16.6. The molecule has 2 unspecified atom stereocenters. The molecule has 2 rings (SSSR count). The predicted octanol–water partition coefficient (Wildman–Crippen LogP) is 14.2. The van der Waals surface area contributed by atoms with Crippen LogP contribution in [0.3, 0.4) is 0 Å². The minimum Gasteiger partial charge on any atom is -0.784 e. The summed E-state index contributed by atoms with van der Waals surface area (Å²) in [6.45, 7) is 4.53. The van der Waals surface area contributed by atoms with E-state index in [-0.39, 0.29) is 19.5 Å². The Bertz CT molecular complexity index is 1030. The number of hydrogen-bond acceptors (Lipinski definition) is 8. The van der Waals surface area contributed by atoms with Crippen molar-refractivity contribution in [3.63, 3.8) is 0 Å². The van der Waals surface area contributed by atoms with Gasteiger partial charge in [-0.3, -0.25) is 0 Å². The summed E-state index contributed by atoms with van der Waals surface area (Å²) in [6, 6.07) is 18.4. The fourth-order valence-corrected chi connectivity index (χ4v) is 12.3. The Labute approximate surface area is 345 Å². The first kappa shape index (κ1) is 51.6. The first-order chi connectivity index (χ1) is 24.3. The van der Waals surface area contributed by atoms with Gasteiger partial charge >= 0.3 is 19.5 Å². The van der Waals surface area contributed by atoms with E-state index in [1.807, 2.05) is 36.4 Å². The van der Waals surface area contributed by atoms with Gasteiger partial charge in [0.25, 0.3) is 0 Å². The fraction of sp³-hybridized carbons (Fsp3) is 0.700.